The Morgan fingerprint density at radius 3 is 2.76 bits per heavy atom. The second-order valence-electron chi connectivity index (χ2n) is 8.29. The van der Waals surface area contributed by atoms with Gasteiger partial charge >= 0.3 is 0 Å². The Bertz CT molecular complexity index is 1120. The Kier molecular flexibility index (Phi) is 7.75. The number of carbonyl (C=O) groups is 1. The highest BCUT2D eigenvalue weighted by molar-refractivity contribution is 6.31. The van der Waals surface area contributed by atoms with E-state index in [0.29, 0.717) is 35.4 Å². The van der Waals surface area contributed by atoms with Gasteiger partial charge in [0.2, 0.25) is 0 Å². The molecule has 2 N–H and O–H groups in total. The topological polar surface area (TPSA) is 74.9 Å². The number of β-amino-alcohol motifs (C(OH)–C–C–N with tert-alkyl or cyclic N) is 1. The van der Waals surface area contributed by atoms with Crippen molar-refractivity contribution in [1.29, 1.82) is 0 Å². The van der Waals surface area contributed by atoms with Crippen LogP contribution in [-0.2, 0) is 0 Å². The number of nitrogens with one attached hydrogen (secondary N) is 1. The molecular weight excluding hydrogens is 470 g/mol. The summed E-state index contributed by atoms with van der Waals surface area (Å²) in [5.41, 5.74) is 0.626. The largest absolute Gasteiger partial charge is 0.491 e. The maximum Gasteiger partial charge on any atom is 0.287 e. The third kappa shape index (κ3) is 6.38. The number of halogens is 3. The highest BCUT2D eigenvalue weighted by Gasteiger charge is 2.22. The van der Waals surface area contributed by atoms with Gasteiger partial charge in [0.05, 0.1) is 5.02 Å². The van der Waals surface area contributed by atoms with Crippen molar-refractivity contribution in [3.8, 4) is 5.75 Å². The van der Waals surface area contributed by atoms with Crippen molar-refractivity contribution in [1.82, 2.24) is 10.2 Å². The van der Waals surface area contributed by atoms with Crippen LogP contribution in [0.3, 0.4) is 0 Å². The number of aliphatic hydroxyl groups is 1. The Morgan fingerprint density at radius 1 is 1.21 bits per heavy atom. The molecule has 176 valence electrons. The molecular formula is C24H25Cl2FN2O4. The molecule has 1 aliphatic heterocycles. The van der Waals surface area contributed by atoms with Crippen molar-refractivity contribution in [2.75, 3.05) is 32.8 Å². The molecule has 6 nitrogen and oxygen atoms in total. The van der Waals surface area contributed by atoms with Crippen molar-refractivity contribution in [3.63, 3.8) is 0 Å². The minimum absolute atomic E-state index is 0.0319. The number of carbonyl (C=O) groups excluding carboxylic acids is 1. The highest BCUT2D eigenvalue weighted by Crippen LogP contribution is 2.24. The molecule has 1 unspecified atom stereocenters. The van der Waals surface area contributed by atoms with Gasteiger partial charge < -0.3 is 24.5 Å². The van der Waals surface area contributed by atoms with Gasteiger partial charge in [-0.25, -0.2) is 4.39 Å². The van der Waals surface area contributed by atoms with Gasteiger partial charge in [-0.3, -0.25) is 4.79 Å². The van der Waals surface area contributed by atoms with Gasteiger partial charge in [-0.2, -0.15) is 0 Å². The number of furan rings is 1. The molecule has 33 heavy (non-hydrogen) atoms. The number of rotatable bonds is 8. The van der Waals surface area contributed by atoms with Crippen LogP contribution in [0.4, 0.5) is 4.39 Å². The van der Waals surface area contributed by atoms with Gasteiger partial charge in [0.15, 0.2) is 5.76 Å². The molecule has 9 heteroatoms. The van der Waals surface area contributed by atoms with E-state index >= 15 is 0 Å². The van der Waals surface area contributed by atoms with E-state index in [9.17, 15) is 14.3 Å². The highest BCUT2D eigenvalue weighted by atomic mass is 35.5. The van der Waals surface area contributed by atoms with Crippen LogP contribution in [0, 0.1) is 11.7 Å². The maximum atomic E-state index is 13.5. The summed E-state index contributed by atoms with van der Waals surface area (Å²) in [5.74, 6) is 0.166. The van der Waals surface area contributed by atoms with E-state index in [4.69, 9.17) is 32.4 Å². The summed E-state index contributed by atoms with van der Waals surface area (Å²) in [6.45, 7) is 2.74. The monoisotopic (exact) mass is 494 g/mol. The minimum atomic E-state index is -0.693. The Hall–Kier alpha value is -2.32. The molecule has 2 aromatic carbocycles. The third-order valence-corrected chi connectivity index (χ3v) is 6.30. The number of benzene rings is 2. The SMILES string of the molecule is O=C(NCC1CCN(CC(O)COc2ccc(Cl)c(F)c2)CC1)c1cc2cc(Cl)ccc2o1. The Morgan fingerprint density at radius 2 is 2.00 bits per heavy atom. The fourth-order valence-corrected chi connectivity index (χ4v) is 4.23. The standard InChI is InChI=1S/C24H25Cl2FN2O4/c25-17-1-4-22-16(9-17)10-23(33-22)24(31)28-12-15-5-7-29(8-6-15)13-18(30)14-32-19-2-3-20(26)21(27)11-19/h1-4,9-11,15,18,30H,5-8,12-14H2,(H,28,31). The summed E-state index contributed by atoms with van der Waals surface area (Å²) in [5, 5.41) is 14.6. The van der Waals surface area contributed by atoms with Gasteiger partial charge in [0.1, 0.15) is 29.9 Å². The number of likely N-dealkylation sites (tertiary alicyclic amines) is 1. The van der Waals surface area contributed by atoms with E-state index in [1.54, 1.807) is 30.3 Å². The molecule has 0 spiro atoms. The molecule has 0 saturated carbocycles. The van der Waals surface area contributed by atoms with Crippen LogP contribution in [0.1, 0.15) is 23.4 Å². The first-order valence-electron chi connectivity index (χ1n) is 10.8. The van der Waals surface area contributed by atoms with E-state index in [1.165, 1.54) is 12.1 Å². The molecule has 2 heterocycles. The molecule has 3 aromatic rings. The predicted molar refractivity (Wildman–Crippen MR) is 126 cm³/mol. The summed E-state index contributed by atoms with van der Waals surface area (Å²) < 4.78 is 24.5. The maximum absolute atomic E-state index is 13.5. The van der Waals surface area contributed by atoms with Gasteiger partial charge in [0, 0.05) is 29.6 Å². The number of hydrogen-bond acceptors (Lipinski definition) is 5. The number of amides is 1. The predicted octanol–water partition coefficient (Wildman–Crippen LogP) is 4.76. The third-order valence-electron chi connectivity index (χ3n) is 5.76. The minimum Gasteiger partial charge on any atom is -0.491 e. The van der Waals surface area contributed by atoms with Crippen molar-refractivity contribution < 1.29 is 23.4 Å². The molecule has 1 aromatic heterocycles. The van der Waals surface area contributed by atoms with E-state index in [0.717, 1.165) is 31.3 Å². The first-order chi connectivity index (χ1) is 15.9. The Labute approximate surface area is 201 Å². The lowest BCUT2D eigenvalue weighted by molar-refractivity contribution is 0.0546. The first-order valence-corrected chi connectivity index (χ1v) is 11.6. The molecule has 4 rings (SSSR count). The molecule has 1 atom stereocenters. The summed E-state index contributed by atoms with van der Waals surface area (Å²) in [4.78, 5) is 14.6. The average molecular weight is 495 g/mol. The Balaban J connectivity index is 1.17. The quantitative estimate of drug-likeness (QED) is 0.472. The molecule has 1 aliphatic rings. The van der Waals surface area contributed by atoms with Crippen LogP contribution in [0.2, 0.25) is 10.0 Å². The lowest BCUT2D eigenvalue weighted by atomic mass is 9.96. The molecule has 1 saturated heterocycles. The van der Waals surface area contributed by atoms with E-state index < -0.39 is 11.9 Å². The first kappa shape index (κ1) is 23.8. The van der Waals surface area contributed by atoms with Crippen LogP contribution in [0.25, 0.3) is 11.0 Å². The zero-order valence-corrected chi connectivity index (χ0v) is 19.4. The number of hydrogen-bond donors (Lipinski definition) is 2. The molecule has 0 aliphatic carbocycles. The zero-order chi connectivity index (χ0) is 23.4. The van der Waals surface area contributed by atoms with Crippen LogP contribution >= 0.6 is 23.2 Å². The fourth-order valence-electron chi connectivity index (χ4n) is 3.93. The number of aliphatic hydroxyl groups excluding tert-OH is 1. The molecule has 0 bridgehead atoms. The van der Waals surface area contributed by atoms with Crippen molar-refractivity contribution in [2.45, 2.75) is 18.9 Å². The van der Waals surface area contributed by atoms with Gasteiger partial charge in [-0.05, 0) is 68.2 Å². The second kappa shape index (κ2) is 10.7. The molecule has 1 fully saturated rings. The normalized spacial score (nSPS) is 16.1. The number of nitrogens with zero attached hydrogens (tertiary/aromatic N) is 1. The lowest BCUT2D eigenvalue weighted by Gasteiger charge is -2.33. The van der Waals surface area contributed by atoms with Crippen LogP contribution in [0.5, 0.6) is 5.75 Å². The van der Waals surface area contributed by atoms with Gasteiger partial charge in [-0.15, -0.1) is 0 Å². The molecule has 0 radical (unpaired) electrons. The number of ether oxygens (including phenoxy) is 1. The lowest BCUT2D eigenvalue weighted by Crippen LogP contribution is -2.42. The van der Waals surface area contributed by atoms with E-state index in [2.05, 4.69) is 10.2 Å². The fraction of sp³-hybridized carbons (Fsp3) is 0.375. The van der Waals surface area contributed by atoms with Crippen LogP contribution in [0.15, 0.2) is 46.9 Å². The van der Waals surface area contributed by atoms with Crippen LogP contribution < -0.4 is 10.1 Å². The van der Waals surface area contributed by atoms with Gasteiger partial charge in [-0.1, -0.05) is 23.2 Å². The zero-order valence-electron chi connectivity index (χ0n) is 17.9. The second-order valence-corrected chi connectivity index (χ2v) is 9.13. The van der Waals surface area contributed by atoms with Crippen molar-refractivity contribution in [3.05, 3.63) is 64.1 Å². The number of fused-ring (bicyclic) bond motifs is 1. The van der Waals surface area contributed by atoms with Crippen molar-refractivity contribution in [2.24, 2.45) is 5.92 Å². The summed E-state index contributed by atoms with van der Waals surface area (Å²) in [7, 11) is 0. The average Bonchev–Trinajstić information content (AvgIpc) is 3.22. The molecule has 1 amide bonds. The van der Waals surface area contributed by atoms with E-state index in [1.807, 2.05) is 0 Å². The van der Waals surface area contributed by atoms with Gasteiger partial charge in [0.25, 0.3) is 5.91 Å². The number of piperidine rings is 1. The van der Waals surface area contributed by atoms with Crippen molar-refractivity contribution >= 4 is 40.1 Å². The summed E-state index contributed by atoms with van der Waals surface area (Å²) in [6.07, 6.45) is 1.12. The van der Waals surface area contributed by atoms with Crippen LogP contribution in [-0.4, -0.2) is 54.8 Å². The summed E-state index contributed by atoms with van der Waals surface area (Å²) in [6, 6.07) is 11.1. The van der Waals surface area contributed by atoms with E-state index in [-0.39, 0.29) is 23.3 Å². The smallest absolute Gasteiger partial charge is 0.287 e. The summed E-state index contributed by atoms with van der Waals surface area (Å²) >= 11 is 11.6.